The number of nitrogens with zero attached hydrogens (tertiary/aromatic N) is 2. The van der Waals surface area contributed by atoms with Crippen molar-refractivity contribution in [3.63, 3.8) is 0 Å². The lowest BCUT2D eigenvalue weighted by molar-refractivity contribution is 0.112. The number of urea groups is 1. The molecule has 0 saturated carbocycles. The maximum Gasteiger partial charge on any atom is 0.320 e. The van der Waals surface area contributed by atoms with Gasteiger partial charge in [0.2, 0.25) is 0 Å². The summed E-state index contributed by atoms with van der Waals surface area (Å²) in [5.74, 6) is 0.626. The van der Waals surface area contributed by atoms with Gasteiger partial charge in [-0.05, 0) is 30.7 Å². The second-order valence-electron chi connectivity index (χ2n) is 6.76. The van der Waals surface area contributed by atoms with E-state index in [1.807, 2.05) is 11.0 Å². The number of amides is 2. The maximum atomic E-state index is 12.4. The molecule has 0 radical (unpaired) electrons. The molecule has 2 aliphatic heterocycles. The second-order valence-corrected chi connectivity index (χ2v) is 9.08. The summed E-state index contributed by atoms with van der Waals surface area (Å²) in [4.78, 5) is 15.9. The largest absolute Gasteiger partial charge is 0.325 e. The Hall–Kier alpha value is -1.56. The zero-order valence-corrected chi connectivity index (χ0v) is 14.3. The zero-order valence-electron chi connectivity index (χ0n) is 13.5. The average molecular weight is 336 g/mol. The van der Waals surface area contributed by atoms with E-state index in [1.54, 1.807) is 4.90 Å². The van der Waals surface area contributed by atoms with E-state index in [9.17, 15) is 13.2 Å². The van der Waals surface area contributed by atoms with Crippen LogP contribution in [0.3, 0.4) is 0 Å². The van der Waals surface area contributed by atoms with Gasteiger partial charge in [0.25, 0.3) is 0 Å². The van der Waals surface area contributed by atoms with E-state index in [-0.39, 0.29) is 11.3 Å². The SMILES string of the molecule is CS(=O)(=O)C1CN(C(=O)N2CCC(Cc3ccccc3)CC2)C1. The Morgan fingerprint density at radius 3 is 2.26 bits per heavy atom. The van der Waals surface area contributed by atoms with Gasteiger partial charge < -0.3 is 9.80 Å². The summed E-state index contributed by atoms with van der Waals surface area (Å²) in [6, 6.07) is 10.5. The lowest BCUT2D eigenvalue weighted by Crippen LogP contribution is -2.60. The van der Waals surface area contributed by atoms with Crippen molar-refractivity contribution in [3.05, 3.63) is 35.9 Å². The fourth-order valence-electron chi connectivity index (χ4n) is 3.34. The molecule has 0 atom stereocenters. The van der Waals surface area contributed by atoms with E-state index < -0.39 is 9.84 Å². The van der Waals surface area contributed by atoms with Gasteiger partial charge in [-0.1, -0.05) is 30.3 Å². The Bertz CT molecular complexity index is 646. The van der Waals surface area contributed by atoms with Gasteiger partial charge in [0.15, 0.2) is 9.84 Å². The third kappa shape index (κ3) is 3.86. The molecule has 0 aromatic heterocycles. The lowest BCUT2D eigenvalue weighted by atomic mass is 9.90. The summed E-state index contributed by atoms with van der Waals surface area (Å²) in [5, 5.41) is -0.373. The fourth-order valence-corrected chi connectivity index (χ4v) is 4.24. The first-order valence-corrected chi connectivity index (χ1v) is 10.2. The number of rotatable bonds is 3. The highest BCUT2D eigenvalue weighted by Crippen LogP contribution is 2.24. The van der Waals surface area contributed by atoms with Crippen molar-refractivity contribution >= 4 is 15.9 Å². The minimum atomic E-state index is -3.02. The van der Waals surface area contributed by atoms with E-state index in [0.29, 0.717) is 19.0 Å². The quantitative estimate of drug-likeness (QED) is 0.845. The van der Waals surface area contributed by atoms with Crippen LogP contribution >= 0.6 is 0 Å². The first-order chi connectivity index (χ1) is 10.9. The van der Waals surface area contributed by atoms with E-state index in [0.717, 1.165) is 32.4 Å². The number of hydrogen-bond acceptors (Lipinski definition) is 3. The van der Waals surface area contributed by atoms with Gasteiger partial charge in [-0.25, -0.2) is 13.2 Å². The van der Waals surface area contributed by atoms with Gasteiger partial charge >= 0.3 is 6.03 Å². The van der Waals surface area contributed by atoms with Gasteiger partial charge in [0, 0.05) is 32.4 Å². The topological polar surface area (TPSA) is 57.7 Å². The molecule has 3 rings (SSSR count). The number of sulfone groups is 1. The van der Waals surface area contributed by atoms with E-state index >= 15 is 0 Å². The molecule has 2 heterocycles. The van der Waals surface area contributed by atoms with E-state index in [2.05, 4.69) is 24.3 Å². The van der Waals surface area contributed by atoms with Crippen molar-refractivity contribution in [2.75, 3.05) is 32.4 Å². The Balaban J connectivity index is 1.45. The van der Waals surface area contributed by atoms with Crippen molar-refractivity contribution < 1.29 is 13.2 Å². The number of benzene rings is 1. The van der Waals surface area contributed by atoms with Gasteiger partial charge in [-0.2, -0.15) is 0 Å². The molecule has 23 heavy (non-hydrogen) atoms. The third-order valence-electron chi connectivity index (χ3n) is 4.98. The molecule has 2 amide bonds. The monoisotopic (exact) mass is 336 g/mol. The molecule has 0 bridgehead atoms. The van der Waals surface area contributed by atoms with Crippen molar-refractivity contribution in [2.24, 2.45) is 5.92 Å². The van der Waals surface area contributed by atoms with Crippen LogP contribution < -0.4 is 0 Å². The molecule has 0 spiro atoms. The summed E-state index contributed by atoms with van der Waals surface area (Å²) >= 11 is 0. The van der Waals surface area contributed by atoms with Gasteiger partial charge in [-0.15, -0.1) is 0 Å². The summed E-state index contributed by atoms with van der Waals surface area (Å²) in [5.41, 5.74) is 1.36. The number of piperidine rings is 1. The van der Waals surface area contributed by atoms with Crippen LogP contribution in [0.1, 0.15) is 18.4 Å². The van der Waals surface area contributed by atoms with E-state index in [1.165, 1.54) is 11.8 Å². The normalized spacial score (nSPS) is 20.4. The van der Waals surface area contributed by atoms with Crippen LogP contribution in [-0.4, -0.2) is 61.9 Å². The van der Waals surface area contributed by atoms with Gasteiger partial charge in [0.05, 0.1) is 5.25 Å². The first kappa shape index (κ1) is 16.3. The lowest BCUT2D eigenvalue weighted by Gasteiger charge is -2.42. The molecule has 126 valence electrons. The van der Waals surface area contributed by atoms with E-state index in [4.69, 9.17) is 0 Å². The maximum absolute atomic E-state index is 12.4. The minimum Gasteiger partial charge on any atom is -0.325 e. The number of hydrogen-bond donors (Lipinski definition) is 0. The molecule has 2 saturated heterocycles. The van der Waals surface area contributed by atoms with Gasteiger partial charge in [-0.3, -0.25) is 0 Å². The predicted molar refractivity (Wildman–Crippen MR) is 90.0 cm³/mol. The van der Waals surface area contributed by atoms with Crippen molar-refractivity contribution in [1.29, 1.82) is 0 Å². The van der Waals surface area contributed by atoms with Gasteiger partial charge in [0.1, 0.15) is 0 Å². The fraction of sp³-hybridized carbons (Fsp3) is 0.588. The molecule has 6 heteroatoms. The highest BCUT2D eigenvalue weighted by atomic mass is 32.2. The molecular weight excluding hydrogens is 312 g/mol. The van der Waals surface area contributed by atoms with Crippen molar-refractivity contribution in [2.45, 2.75) is 24.5 Å². The molecule has 0 unspecified atom stereocenters. The molecule has 2 fully saturated rings. The summed E-state index contributed by atoms with van der Waals surface area (Å²) in [7, 11) is -3.02. The first-order valence-electron chi connectivity index (χ1n) is 8.20. The standard InChI is InChI=1S/C17H24N2O3S/c1-23(21,22)16-12-19(13-16)17(20)18-9-7-15(8-10-18)11-14-5-3-2-4-6-14/h2-6,15-16H,7-13H2,1H3. The predicted octanol–water partition coefficient (Wildman–Crippen LogP) is 1.79. The molecular formula is C17H24N2O3S. The second kappa shape index (κ2) is 6.51. The van der Waals surface area contributed by atoms with Crippen molar-refractivity contribution in [3.8, 4) is 0 Å². The summed E-state index contributed by atoms with van der Waals surface area (Å²) in [6.45, 7) is 2.25. The minimum absolute atomic E-state index is 0.00283. The van der Waals surface area contributed by atoms with Crippen LogP contribution in [0.15, 0.2) is 30.3 Å². The molecule has 1 aromatic carbocycles. The van der Waals surface area contributed by atoms with Crippen LogP contribution in [0, 0.1) is 5.92 Å². The third-order valence-corrected chi connectivity index (χ3v) is 6.49. The Morgan fingerprint density at radius 2 is 1.70 bits per heavy atom. The molecule has 0 N–H and O–H groups in total. The van der Waals surface area contributed by atoms with Crippen LogP contribution in [0.5, 0.6) is 0 Å². The number of likely N-dealkylation sites (tertiary alicyclic amines) is 2. The smallest absolute Gasteiger partial charge is 0.320 e. The molecule has 1 aromatic rings. The Morgan fingerprint density at radius 1 is 1.09 bits per heavy atom. The van der Waals surface area contributed by atoms with Crippen molar-refractivity contribution in [1.82, 2.24) is 9.80 Å². The highest BCUT2D eigenvalue weighted by molar-refractivity contribution is 7.91. The summed E-state index contributed by atoms with van der Waals surface area (Å²) in [6.07, 6.45) is 4.35. The average Bonchev–Trinajstić information content (AvgIpc) is 2.46. The molecule has 0 aliphatic carbocycles. The number of carbonyl (C=O) groups excluding carboxylic acids is 1. The van der Waals surface area contributed by atoms with Crippen LogP contribution in [0.4, 0.5) is 4.79 Å². The van der Waals surface area contributed by atoms with Crippen LogP contribution in [0.25, 0.3) is 0 Å². The van der Waals surface area contributed by atoms with Crippen LogP contribution in [0.2, 0.25) is 0 Å². The zero-order chi connectivity index (χ0) is 16.4. The number of carbonyl (C=O) groups is 1. The molecule has 2 aliphatic rings. The Kier molecular flexibility index (Phi) is 4.62. The summed E-state index contributed by atoms with van der Waals surface area (Å²) < 4.78 is 22.8. The highest BCUT2D eigenvalue weighted by Gasteiger charge is 2.39. The van der Waals surface area contributed by atoms with Crippen LogP contribution in [-0.2, 0) is 16.3 Å². The molecule has 5 nitrogen and oxygen atoms in total. The Labute approximate surface area is 138 Å².